The summed E-state index contributed by atoms with van der Waals surface area (Å²) >= 11 is 0. The molecule has 1 aliphatic rings. The van der Waals surface area contributed by atoms with Gasteiger partial charge in [-0.15, -0.1) is 0 Å². The zero-order valence-electron chi connectivity index (χ0n) is 13.6. The third kappa shape index (κ3) is 4.20. The van der Waals surface area contributed by atoms with Crippen LogP contribution < -0.4 is 5.32 Å². The number of aliphatic hydroxyl groups is 1. The second kappa shape index (κ2) is 8.25. The molecule has 2 N–H and O–H groups in total. The van der Waals surface area contributed by atoms with Crippen molar-refractivity contribution in [2.45, 2.75) is 24.9 Å². The van der Waals surface area contributed by atoms with Gasteiger partial charge in [-0.25, -0.2) is 0 Å². The molecule has 1 atom stereocenters. The van der Waals surface area contributed by atoms with E-state index in [0.29, 0.717) is 12.1 Å². The number of hydrogen-bond acceptors (Lipinski definition) is 3. The minimum absolute atomic E-state index is 0.277. The number of piperazine rings is 1. The Hall–Kier alpha value is -1.68. The molecule has 1 saturated heterocycles. The molecule has 0 spiro atoms. The van der Waals surface area contributed by atoms with E-state index >= 15 is 0 Å². The first-order valence-electron chi connectivity index (χ1n) is 8.56. The van der Waals surface area contributed by atoms with Crippen LogP contribution in [0.15, 0.2) is 60.7 Å². The molecule has 1 fully saturated rings. The quantitative estimate of drug-likeness (QED) is 0.861. The molecular weight excluding hydrogens is 284 g/mol. The number of hydrogen-bond donors (Lipinski definition) is 2. The van der Waals surface area contributed by atoms with E-state index in [-0.39, 0.29) is 6.61 Å². The molecule has 0 aliphatic carbocycles. The molecule has 0 bridgehead atoms. The van der Waals surface area contributed by atoms with E-state index in [1.165, 1.54) is 11.1 Å². The Balaban J connectivity index is 1.83. The van der Waals surface area contributed by atoms with Gasteiger partial charge in [-0.05, 0) is 24.0 Å². The van der Waals surface area contributed by atoms with Gasteiger partial charge in [0.2, 0.25) is 0 Å². The lowest BCUT2D eigenvalue weighted by Crippen LogP contribution is -2.51. The fourth-order valence-corrected chi connectivity index (χ4v) is 3.50. The van der Waals surface area contributed by atoms with Crippen LogP contribution in [0.4, 0.5) is 0 Å². The number of rotatable bonds is 6. The van der Waals surface area contributed by atoms with Crippen molar-refractivity contribution < 1.29 is 5.11 Å². The third-order valence-electron chi connectivity index (χ3n) is 4.59. The van der Waals surface area contributed by atoms with Crippen LogP contribution in [-0.2, 0) is 0 Å². The van der Waals surface area contributed by atoms with Crippen LogP contribution in [-0.4, -0.2) is 42.3 Å². The van der Waals surface area contributed by atoms with Gasteiger partial charge in [0.1, 0.15) is 0 Å². The highest BCUT2D eigenvalue weighted by Gasteiger charge is 2.27. The van der Waals surface area contributed by atoms with Crippen molar-refractivity contribution >= 4 is 0 Å². The van der Waals surface area contributed by atoms with Crippen molar-refractivity contribution in [1.82, 2.24) is 10.2 Å². The van der Waals surface area contributed by atoms with Crippen LogP contribution in [0.3, 0.4) is 0 Å². The molecule has 3 nitrogen and oxygen atoms in total. The van der Waals surface area contributed by atoms with Crippen molar-refractivity contribution in [3.63, 3.8) is 0 Å². The average molecular weight is 310 g/mol. The van der Waals surface area contributed by atoms with Crippen molar-refractivity contribution in [3.8, 4) is 0 Å². The highest BCUT2D eigenvalue weighted by Crippen LogP contribution is 2.29. The highest BCUT2D eigenvalue weighted by molar-refractivity contribution is 5.32. The van der Waals surface area contributed by atoms with Gasteiger partial charge in [0.15, 0.2) is 0 Å². The molecule has 0 saturated carbocycles. The fraction of sp³-hybridized carbons (Fsp3) is 0.400. The molecule has 3 heteroatoms. The minimum atomic E-state index is 0.277. The zero-order chi connectivity index (χ0) is 15.9. The summed E-state index contributed by atoms with van der Waals surface area (Å²) in [5.41, 5.74) is 2.70. The SMILES string of the molecule is OCCCC1CN(C(c2ccccc2)c2ccccc2)CCN1. The van der Waals surface area contributed by atoms with Crippen molar-refractivity contribution in [2.75, 3.05) is 26.2 Å². The lowest BCUT2D eigenvalue weighted by atomic mass is 9.95. The summed E-state index contributed by atoms with van der Waals surface area (Å²) in [6.45, 7) is 3.35. The van der Waals surface area contributed by atoms with E-state index in [4.69, 9.17) is 5.11 Å². The molecule has 3 rings (SSSR count). The van der Waals surface area contributed by atoms with Crippen LogP contribution in [0, 0.1) is 0 Å². The molecule has 2 aromatic rings. The third-order valence-corrected chi connectivity index (χ3v) is 4.59. The summed E-state index contributed by atoms with van der Waals surface area (Å²) in [4.78, 5) is 2.57. The predicted octanol–water partition coefficient (Wildman–Crippen LogP) is 2.82. The molecule has 122 valence electrons. The number of nitrogens with zero attached hydrogens (tertiary/aromatic N) is 1. The van der Waals surface area contributed by atoms with Gasteiger partial charge < -0.3 is 10.4 Å². The monoisotopic (exact) mass is 310 g/mol. The number of aliphatic hydroxyl groups excluding tert-OH is 1. The largest absolute Gasteiger partial charge is 0.396 e. The predicted molar refractivity (Wildman–Crippen MR) is 94.4 cm³/mol. The first kappa shape index (κ1) is 16.2. The average Bonchev–Trinajstić information content (AvgIpc) is 2.62. The summed E-state index contributed by atoms with van der Waals surface area (Å²) in [5.74, 6) is 0. The second-order valence-electron chi connectivity index (χ2n) is 6.24. The molecule has 23 heavy (non-hydrogen) atoms. The summed E-state index contributed by atoms with van der Waals surface area (Å²) in [6.07, 6.45) is 1.90. The van der Waals surface area contributed by atoms with Gasteiger partial charge in [-0.1, -0.05) is 60.7 Å². The van der Waals surface area contributed by atoms with E-state index in [9.17, 15) is 0 Å². The molecule has 0 aromatic heterocycles. The Kier molecular flexibility index (Phi) is 5.81. The highest BCUT2D eigenvalue weighted by atomic mass is 16.2. The van der Waals surface area contributed by atoms with Crippen LogP contribution >= 0.6 is 0 Å². The maximum atomic E-state index is 9.09. The van der Waals surface area contributed by atoms with E-state index in [0.717, 1.165) is 32.5 Å². The minimum Gasteiger partial charge on any atom is -0.396 e. The standard InChI is InChI=1S/C20H26N2O/c23-15-7-12-19-16-22(14-13-21-19)20(17-8-3-1-4-9-17)18-10-5-2-6-11-18/h1-6,8-11,19-21,23H,7,12-16H2. The maximum Gasteiger partial charge on any atom is 0.0602 e. The molecule has 2 aromatic carbocycles. The summed E-state index contributed by atoms with van der Waals surface area (Å²) in [6, 6.07) is 22.3. The Labute approximate surface area is 139 Å². The topological polar surface area (TPSA) is 35.5 Å². The lowest BCUT2D eigenvalue weighted by Gasteiger charge is -2.39. The van der Waals surface area contributed by atoms with Crippen molar-refractivity contribution in [1.29, 1.82) is 0 Å². The van der Waals surface area contributed by atoms with E-state index in [1.54, 1.807) is 0 Å². The summed E-state index contributed by atoms with van der Waals surface area (Å²) < 4.78 is 0. The van der Waals surface area contributed by atoms with Crippen LogP contribution in [0.2, 0.25) is 0 Å². The molecular formula is C20H26N2O. The lowest BCUT2D eigenvalue weighted by molar-refractivity contribution is 0.154. The molecule has 1 heterocycles. The smallest absolute Gasteiger partial charge is 0.0602 e. The van der Waals surface area contributed by atoms with Gasteiger partial charge in [-0.3, -0.25) is 4.90 Å². The summed E-state index contributed by atoms with van der Waals surface area (Å²) in [5, 5.41) is 12.7. The van der Waals surface area contributed by atoms with Crippen molar-refractivity contribution in [3.05, 3.63) is 71.8 Å². The Morgan fingerprint density at radius 3 is 2.17 bits per heavy atom. The van der Waals surface area contributed by atoms with Crippen LogP contribution in [0.5, 0.6) is 0 Å². The first-order chi connectivity index (χ1) is 11.4. The first-order valence-corrected chi connectivity index (χ1v) is 8.56. The van der Waals surface area contributed by atoms with E-state index < -0.39 is 0 Å². The van der Waals surface area contributed by atoms with Gasteiger partial charge in [0.25, 0.3) is 0 Å². The van der Waals surface area contributed by atoms with Gasteiger partial charge in [0, 0.05) is 32.3 Å². The Bertz CT molecular complexity index is 533. The van der Waals surface area contributed by atoms with Crippen LogP contribution in [0.1, 0.15) is 30.0 Å². The van der Waals surface area contributed by atoms with Gasteiger partial charge in [0.05, 0.1) is 6.04 Å². The fourth-order valence-electron chi connectivity index (χ4n) is 3.50. The molecule has 0 amide bonds. The number of nitrogens with one attached hydrogen (secondary N) is 1. The Morgan fingerprint density at radius 1 is 1.00 bits per heavy atom. The normalized spacial score (nSPS) is 19.1. The molecule has 0 radical (unpaired) electrons. The van der Waals surface area contributed by atoms with E-state index in [1.807, 2.05) is 0 Å². The second-order valence-corrected chi connectivity index (χ2v) is 6.24. The van der Waals surface area contributed by atoms with E-state index in [2.05, 4.69) is 70.9 Å². The molecule has 1 aliphatic heterocycles. The van der Waals surface area contributed by atoms with Crippen molar-refractivity contribution in [2.24, 2.45) is 0 Å². The van der Waals surface area contributed by atoms with Crippen LogP contribution in [0.25, 0.3) is 0 Å². The maximum absolute atomic E-state index is 9.09. The zero-order valence-corrected chi connectivity index (χ0v) is 13.6. The molecule has 1 unspecified atom stereocenters. The van der Waals surface area contributed by atoms with Gasteiger partial charge >= 0.3 is 0 Å². The summed E-state index contributed by atoms with van der Waals surface area (Å²) in [7, 11) is 0. The van der Waals surface area contributed by atoms with Gasteiger partial charge in [-0.2, -0.15) is 0 Å². The Morgan fingerprint density at radius 2 is 1.61 bits per heavy atom. The number of benzene rings is 2.